The van der Waals surface area contributed by atoms with Gasteiger partial charge in [0.05, 0.1) is 40.3 Å². The standard InChI is InChI=1S/C30H37ClN4O5S/c1-21-7-13-26(14-8-21)41(39,40)35(30(38)29(22(2)36)23-9-11-24(32)12-10-23)20-25(37)19-33-15-17-34(18-16-33)28-6-4-3-5-27(28)31/h3-14,22,25,29,36-37H,15-20,32H2,1-2H3. The van der Waals surface area contributed by atoms with Gasteiger partial charge in [-0.05, 0) is 55.8 Å². The van der Waals surface area contributed by atoms with E-state index in [0.717, 1.165) is 11.3 Å². The first-order valence-corrected chi connectivity index (χ1v) is 15.4. The highest BCUT2D eigenvalue weighted by Gasteiger charge is 2.38. The first-order valence-electron chi connectivity index (χ1n) is 13.5. The van der Waals surface area contributed by atoms with Crippen molar-refractivity contribution in [3.05, 3.63) is 88.9 Å². The van der Waals surface area contributed by atoms with Crippen molar-refractivity contribution in [1.29, 1.82) is 0 Å². The van der Waals surface area contributed by atoms with Gasteiger partial charge in [-0.25, -0.2) is 12.7 Å². The number of nitrogens with zero attached hydrogens (tertiary/aromatic N) is 3. The molecule has 0 aromatic heterocycles. The summed E-state index contributed by atoms with van der Waals surface area (Å²) in [5, 5.41) is 22.4. The average Bonchev–Trinajstić information content (AvgIpc) is 2.93. The van der Waals surface area contributed by atoms with E-state index in [1.54, 1.807) is 36.4 Å². The third kappa shape index (κ3) is 7.38. The van der Waals surface area contributed by atoms with Gasteiger partial charge < -0.3 is 20.8 Å². The largest absolute Gasteiger partial charge is 0.399 e. The number of sulfonamides is 1. The van der Waals surface area contributed by atoms with Crippen LogP contribution in [0.5, 0.6) is 0 Å². The topological polar surface area (TPSA) is 127 Å². The van der Waals surface area contributed by atoms with Crippen molar-refractivity contribution >= 4 is 38.9 Å². The Hall–Kier alpha value is -3.15. The van der Waals surface area contributed by atoms with Crippen LogP contribution >= 0.6 is 11.6 Å². The summed E-state index contributed by atoms with van der Waals surface area (Å²) in [7, 11) is -4.35. The molecule has 0 bridgehead atoms. The SMILES string of the molecule is Cc1ccc(S(=O)(=O)N(CC(O)CN2CCN(c3ccccc3Cl)CC2)C(=O)C(c2ccc(N)cc2)C(C)O)cc1. The molecule has 0 radical (unpaired) electrons. The molecule has 9 nitrogen and oxygen atoms in total. The summed E-state index contributed by atoms with van der Waals surface area (Å²) in [6, 6.07) is 20.2. The van der Waals surface area contributed by atoms with E-state index in [-0.39, 0.29) is 11.4 Å². The molecule has 1 heterocycles. The lowest BCUT2D eigenvalue weighted by Gasteiger charge is -2.38. The minimum atomic E-state index is -4.35. The molecule has 0 spiro atoms. The van der Waals surface area contributed by atoms with Crippen LogP contribution in [0.4, 0.5) is 11.4 Å². The van der Waals surface area contributed by atoms with Crippen molar-refractivity contribution < 1.29 is 23.4 Å². The maximum Gasteiger partial charge on any atom is 0.266 e. The van der Waals surface area contributed by atoms with E-state index in [0.29, 0.717) is 46.8 Å². The molecular formula is C30H37ClN4O5S. The van der Waals surface area contributed by atoms with Gasteiger partial charge in [0.2, 0.25) is 5.91 Å². The lowest BCUT2D eigenvalue weighted by molar-refractivity contribution is -0.131. The Morgan fingerprint density at radius 1 is 0.976 bits per heavy atom. The molecule has 0 aliphatic carbocycles. The predicted molar refractivity (Wildman–Crippen MR) is 161 cm³/mol. The Labute approximate surface area is 246 Å². The monoisotopic (exact) mass is 600 g/mol. The van der Waals surface area contributed by atoms with Crippen molar-refractivity contribution in [3.63, 3.8) is 0 Å². The lowest BCUT2D eigenvalue weighted by atomic mass is 9.93. The summed E-state index contributed by atoms with van der Waals surface area (Å²) in [4.78, 5) is 18.1. The molecule has 3 aromatic rings. The number of rotatable bonds is 10. The molecule has 11 heteroatoms. The molecule has 220 valence electrons. The third-order valence-electron chi connectivity index (χ3n) is 7.31. The van der Waals surface area contributed by atoms with Gasteiger partial charge in [0.1, 0.15) is 0 Å². The number of nitrogen functional groups attached to an aromatic ring is 1. The fraction of sp³-hybridized carbons (Fsp3) is 0.367. The van der Waals surface area contributed by atoms with E-state index in [2.05, 4.69) is 4.90 Å². The first-order chi connectivity index (χ1) is 19.5. The summed E-state index contributed by atoms with van der Waals surface area (Å²) in [5.41, 5.74) is 8.50. The second-order valence-electron chi connectivity index (χ2n) is 10.5. The molecule has 4 N–H and O–H groups in total. The number of nitrogens with two attached hydrogens (primary N) is 1. The molecule has 4 rings (SSSR count). The van der Waals surface area contributed by atoms with Gasteiger partial charge >= 0.3 is 0 Å². The van der Waals surface area contributed by atoms with Gasteiger partial charge in [-0.3, -0.25) is 9.69 Å². The molecule has 3 unspecified atom stereocenters. The molecule has 1 amide bonds. The zero-order chi connectivity index (χ0) is 29.7. The van der Waals surface area contributed by atoms with E-state index in [4.69, 9.17) is 17.3 Å². The fourth-order valence-electron chi connectivity index (χ4n) is 5.06. The number of amides is 1. The first kappa shape index (κ1) is 30.8. The Morgan fingerprint density at radius 3 is 2.17 bits per heavy atom. The van der Waals surface area contributed by atoms with Gasteiger partial charge in [-0.2, -0.15) is 0 Å². The molecule has 1 aliphatic rings. The van der Waals surface area contributed by atoms with Crippen LogP contribution in [-0.4, -0.2) is 85.2 Å². The van der Waals surface area contributed by atoms with Crippen molar-refractivity contribution in [1.82, 2.24) is 9.21 Å². The summed E-state index contributed by atoms with van der Waals surface area (Å²) < 4.78 is 28.3. The number of aliphatic hydroxyl groups excluding tert-OH is 2. The molecular weight excluding hydrogens is 564 g/mol. The highest BCUT2D eigenvalue weighted by atomic mass is 35.5. The van der Waals surface area contributed by atoms with E-state index in [1.807, 2.05) is 36.1 Å². The second-order valence-corrected chi connectivity index (χ2v) is 12.7. The van der Waals surface area contributed by atoms with E-state index >= 15 is 0 Å². The van der Waals surface area contributed by atoms with Crippen molar-refractivity contribution in [3.8, 4) is 0 Å². The van der Waals surface area contributed by atoms with Gasteiger partial charge in [-0.1, -0.05) is 53.6 Å². The van der Waals surface area contributed by atoms with Gasteiger partial charge in [0.15, 0.2) is 0 Å². The smallest absolute Gasteiger partial charge is 0.266 e. The predicted octanol–water partition coefficient (Wildman–Crippen LogP) is 3.10. The van der Waals surface area contributed by atoms with Crippen molar-refractivity contribution in [2.75, 3.05) is 49.9 Å². The second kappa shape index (κ2) is 13.2. The van der Waals surface area contributed by atoms with Crippen LogP contribution in [0.15, 0.2) is 77.7 Å². The van der Waals surface area contributed by atoms with Gasteiger partial charge in [-0.15, -0.1) is 0 Å². The van der Waals surface area contributed by atoms with Crippen LogP contribution < -0.4 is 10.6 Å². The maximum absolute atomic E-state index is 13.9. The minimum Gasteiger partial charge on any atom is -0.399 e. The molecule has 3 aromatic carbocycles. The summed E-state index contributed by atoms with van der Waals surface area (Å²) in [6.07, 6.45) is -2.36. The summed E-state index contributed by atoms with van der Waals surface area (Å²) >= 11 is 6.35. The minimum absolute atomic E-state index is 0.0707. The van der Waals surface area contributed by atoms with Crippen LogP contribution in [0.25, 0.3) is 0 Å². The number of hydrogen-bond acceptors (Lipinski definition) is 8. The number of halogens is 1. The van der Waals surface area contributed by atoms with Crippen LogP contribution in [0.3, 0.4) is 0 Å². The number of β-amino-alcohol motifs (C(OH)–C–C–N with tert-alkyl or cyclic N) is 1. The highest BCUT2D eigenvalue weighted by molar-refractivity contribution is 7.89. The Balaban J connectivity index is 1.54. The van der Waals surface area contributed by atoms with Crippen LogP contribution in [-0.2, 0) is 14.8 Å². The van der Waals surface area contributed by atoms with Crippen molar-refractivity contribution in [2.45, 2.75) is 36.9 Å². The molecule has 1 saturated heterocycles. The Morgan fingerprint density at radius 2 is 1.59 bits per heavy atom. The number of para-hydroxylation sites is 1. The fourth-order valence-corrected chi connectivity index (χ4v) is 6.77. The molecule has 41 heavy (non-hydrogen) atoms. The Bertz CT molecular complexity index is 1430. The number of carbonyl (C=O) groups excluding carboxylic acids is 1. The van der Waals surface area contributed by atoms with E-state index in [9.17, 15) is 23.4 Å². The van der Waals surface area contributed by atoms with Gasteiger partial charge in [0.25, 0.3) is 10.0 Å². The lowest BCUT2D eigenvalue weighted by Crippen LogP contribution is -2.52. The molecule has 1 fully saturated rings. The van der Waals surface area contributed by atoms with Crippen molar-refractivity contribution in [2.24, 2.45) is 0 Å². The molecule has 3 atom stereocenters. The van der Waals surface area contributed by atoms with Crippen LogP contribution in [0.2, 0.25) is 5.02 Å². The number of aryl methyl sites for hydroxylation is 1. The zero-order valence-corrected chi connectivity index (χ0v) is 24.8. The van der Waals surface area contributed by atoms with Gasteiger partial charge in [0, 0.05) is 38.4 Å². The summed E-state index contributed by atoms with van der Waals surface area (Å²) in [6.45, 7) is 5.60. The number of aliphatic hydroxyl groups is 2. The molecule has 0 saturated carbocycles. The quantitative estimate of drug-likeness (QED) is 0.303. The maximum atomic E-state index is 13.9. The van der Waals surface area contributed by atoms with E-state index in [1.165, 1.54) is 19.1 Å². The average molecular weight is 601 g/mol. The Kier molecular flexibility index (Phi) is 9.93. The number of hydrogen-bond donors (Lipinski definition) is 3. The number of anilines is 2. The van der Waals surface area contributed by atoms with Crippen LogP contribution in [0.1, 0.15) is 24.0 Å². The number of carbonyl (C=O) groups is 1. The number of piperazine rings is 1. The van der Waals surface area contributed by atoms with E-state index < -0.39 is 40.6 Å². The zero-order valence-electron chi connectivity index (χ0n) is 23.2. The third-order valence-corrected chi connectivity index (χ3v) is 9.41. The highest BCUT2D eigenvalue weighted by Crippen LogP contribution is 2.29. The normalized spacial score (nSPS) is 16.7. The number of benzene rings is 3. The summed E-state index contributed by atoms with van der Waals surface area (Å²) in [5.74, 6) is -2.00. The molecule has 1 aliphatic heterocycles. The van der Waals surface area contributed by atoms with Crippen LogP contribution in [0, 0.1) is 6.92 Å².